The molecule has 0 saturated carbocycles. The monoisotopic (exact) mass is 414 g/mol. The molecule has 1 aliphatic heterocycles. The smallest absolute Gasteiger partial charge is 0.243 e. The molecule has 1 fully saturated rings. The highest BCUT2D eigenvalue weighted by molar-refractivity contribution is 7.89. The zero-order valence-electron chi connectivity index (χ0n) is 16.8. The highest BCUT2D eigenvalue weighted by Gasteiger charge is 2.29. The van der Waals surface area contributed by atoms with Crippen LogP contribution in [0.15, 0.2) is 47.4 Å². The first-order chi connectivity index (χ1) is 14.0. The molecule has 1 heterocycles. The van der Waals surface area contributed by atoms with E-state index >= 15 is 0 Å². The quantitative estimate of drug-likeness (QED) is 0.691. The maximum atomic E-state index is 12.8. The summed E-state index contributed by atoms with van der Waals surface area (Å²) < 4.78 is 37.9. The average Bonchev–Trinajstić information content (AvgIpc) is 2.77. The van der Waals surface area contributed by atoms with E-state index in [1.807, 2.05) is 24.3 Å². The summed E-state index contributed by atoms with van der Waals surface area (Å²) in [5.41, 5.74) is 1.62. The van der Waals surface area contributed by atoms with Crippen LogP contribution in [0, 0.1) is 17.2 Å². The van der Waals surface area contributed by atoms with Crippen LogP contribution in [0.25, 0.3) is 0 Å². The molecule has 1 aliphatic rings. The third-order valence-corrected chi connectivity index (χ3v) is 7.36. The second-order valence-electron chi connectivity index (χ2n) is 7.24. The van der Waals surface area contributed by atoms with E-state index in [9.17, 15) is 8.42 Å². The molecule has 0 N–H and O–H groups in total. The van der Waals surface area contributed by atoms with Gasteiger partial charge in [-0.15, -0.1) is 0 Å². The Balaban J connectivity index is 1.57. The standard InChI is InChI=1S/C22H26N2O4S/c1-27-20-13-19(14-21(15-20)28-2)4-3-17-9-11-24(12-10-17)29(25,26)22-7-5-18(16-23)6-8-22/h5-8,13-15,17H,3-4,9-12H2,1-2H3. The fraction of sp³-hybridized carbons (Fsp3) is 0.409. The molecular formula is C22H26N2O4S. The maximum Gasteiger partial charge on any atom is 0.243 e. The van der Waals surface area contributed by atoms with Gasteiger partial charge in [0.15, 0.2) is 0 Å². The van der Waals surface area contributed by atoms with Gasteiger partial charge in [0.25, 0.3) is 0 Å². The molecule has 29 heavy (non-hydrogen) atoms. The van der Waals surface area contributed by atoms with Crippen LogP contribution in [0.3, 0.4) is 0 Å². The van der Waals surface area contributed by atoms with Crippen molar-refractivity contribution in [3.63, 3.8) is 0 Å². The molecule has 154 valence electrons. The van der Waals surface area contributed by atoms with E-state index in [1.54, 1.807) is 30.7 Å². The second kappa shape index (κ2) is 9.29. The minimum absolute atomic E-state index is 0.249. The first-order valence-electron chi connectivity index (χ1n) is 9.68. The van der Waals surface area contributed by atoms with Gasteiger partial charge in [-0.1, -0.05) is 0 Å². The van der Waals surface area contributed by atoms with Crippen molar-refractivity contribution in [2.45, 2.75) is 30.6 Å². The Kier molecular flexibility index (Phi) is 6.78. The molecule has 0 bridgehead atoms. The molecule has 1 saturated heterocycles. The average molecular weight is 415 g/mol. The van der Waals surface area contributed by atoms with E-state index in [1.165, 1.54) is 12.1 Å². The van der Waals surface area contributed by atoms with Crippen LogP contribution in [0.1, 0.15) is 30.4 Å². The topological polar surface area (TPSA) is 79.6 Å². The van der Waals surface area contributed by atoms with Crippen LogP contribution in [0.5, 0.6) is 11.5 Å². The summed E-state index contributed by atoms with van der Waals surface area (Å²) in [5.74, 6) is 2.05. The van der Waals surface area contributed by atoms with Gasteiger partial charge in [-0.05, 0) is 73.6 Å². The van der Waals surface area contributed by atoms with Crippen LogP contribution in [-0.4, -0.2) is 40.0 Å². The molecule has 0 unspecified atom stereocenters. The number of sulfonamides is 1. The number of hydrogen-bond donors (Lipinski definition) is 0. The third-order valence-electron chi connectivity index (χ3n) is 5.45. The summed E-state index contributed by atoms with van der Waals surface area (Å²) in [6, 6.07) is 14.0. The SMILES string of the molecule is COc1cc(CCC2CCN(S(=O)(=O)c3ccc(C#N)cc3)CC2)cc(OC)c1. The lowest BCUT2D eigenvalue weighted by Gasteiger charge is -2.31. The molecule has 0 amide bonds. The lowest BCUT2D eigenvalue weighted by Crippen LogP contribution is -2.38. The van der Waals surface area contributed by atoms with E-state index in [4.69, 9.17) is 14.7 Å². The number of nitriles is 1. The van der Waals surface area contributed by atoms with Crippen LogP contribution in [0.2, 0.25) is 0 Å². The van der Waals surface area contributed by atoms with Gasteiger partial charge in [0.2, 0.25) is 10.0 Å². The summed E-state index contributed by atoms with van der Waals surface area (Å²) >= 11 is 0. The Morgan fingerprint density at radius 1 is 1.03 bits per heavy atom. The van der Waals surface area contributed by atoms with Crippen molar-refractivity contribution >= 4 is 10.0 Å². The van der Waals surface area contributed by atoms with Crippen molar-refractivity contribution in [3.05, 3.63) is 53.6 Å². The maximum absolute atomic E-state index is 12.8. The molecule has 7 heteroatoms. The molecule has 0 radical (unpaired) electrons. The number of ether oxygens (including phenoxy) is 2. The van der Waals surface area contributed by atoms with Gasteiger partial charge in [-0.3, -0.25) is 0 Å². The van der Waals surface area contributed by atoms with Gasteiger partial charge in [-0.2, -0.15) is 9.57 Å². The summed E-state index contributed by atoms with van der Waals surface area (Å²) in [5, 5.41) is 8.88. The number of rotatable bonds is 7. The first-order valence-corrected chi connectivity index (χ1v) is 11.1. The molecule has 0 aliphatic carbocycles. The minimum atomic E-state index is -3.50. The molecule has 2 aromatic carbocycles. The molecule has 0 aromatic heterocycles. The van der Waals surface area contributed by atoms with Crippen molar-refractivity contribution in [2.75, 3.05) is 27.3 Å². The minimum Gasteiger partial charge on any atom is -0.497 e. The predicted molar refractivity (Wildman–Crippen MR) is 111 cm³/mol. The van der Waals surface area contributed by atoms with Crippen LogP contribution in [0.4, 0.5) is 0 Å². The van der Waals surface area contributed by atoms with Gasteiger partial charge < -0.3 is 9.47 Å². The number of nitrogens with zero attached hydrogens (tertiary/aromatic N) is 2. The zero-order valence-corrected chi connectivity index (χ0v) is 17.6. The predicted octanol–water partition coefficient (Wildman–Crippen LogP) is 3.61. The summed E-state index contributed by atoms with van der Waals surface area (Å²) in [4.78, 5) is 0.249. The molecule has 3 rings (SSSR count). The summed E-state index contributed by atoms with van der Waals surface area (Å²) in [7, 11) is -0.222. The lowest BCUT2D eigenvalue weighted by atomic mass is 9.91. The zero-order chi connectivity index (χ0) is 20.9. The Labute approximate surface area is 172 Å². The normalized spacial score (nSPS) is 15.6. The highest BCUT2D eigenvalue weighted by atomic mass is 32.2. The number of methoxy groups -OCH3 is 2. The Morgan fingerprint density at radius 3 is 2.14 bits per heavy atom. The van der Waals surface area contributed by atoms with Gasteiger partial charge in [0.05, 0.1) is 30.7 Å². The molecule has 0 atom stereocenters. The second-order valence-corrected chi connectivity index (χ2v) is 9.18. The van der Waals surface area contributed by atoms with Crippen molar-refractivity contribution in [1.29, 1.82) is 5.26 Å². The molecule has 2 aromatic rings. The van der Waals surface area contributed by atoms with Crippen LogP contribution < -0.4 is 9.47 Å². The number of aryl methyl sites for hydroxylation is 1. The van der Waals surface area contributed by atoms with Crippen molar-refractivity contribution in [1.82, 2.24) is 4.31 Å². The van der Waals surface area contributed by atoms with E-state index < -0.39 is 10.0 Å². The number of hydrogen-bond acceptors (Lipinski definition) is 5. The van der Waals surface area contributed by atoms with E-state index in [0.717, 1.165) is 42.7 Å². The summed E-state index contributed by atoms with van der Waals surface area (Å²) in [6.45, 7) is 1.04. The lowest BCUT2D eigenvalue weighted by molar-refractivity contribution is 0.263. The van der Waals surface area contributed by atoms with Crippen LogP contribution in [-0.2, 0) is 16.4 Å². The fourth-order valence-electron chi connectivity index (χ4n) is 3.67. The summed E-state index contributed by atoms with van der Waals surface area (Å²) in [6.07, 6.45) is 3.59. The third kappa shape index (κ3) is 5.08. The largest absolute Gasteiger partial charge is 0.497 e. The van der Waals surface area contributed by atoms with Crippen molar-refractivity contribution < 1.29 is 17.9 Å². The molecule has 6 nitrogen and oxygen atoms in total. The Bertz CT molecular complexity index is 951. The van der Waals surface area contributed by atoms with Gasteiger partial charge in [0.1, 0.15) is 11.5 Å². The van der Waals surface area contributed by atoms with Gasteiger partial charge in [-0.25, -0.2) is 8.42 Å². The van der Waals surface area contributed by atoms with E-state index in [2.05, 4.69) is 0 Å². The Morgan fingerprint density at radius 2 is 1.62 bits per heavy atom. The van der Waals surface area contributed by atoms with Gasteiger partial charge >= 0.3 is 0 Å². The number of piperidine rings is 1. The first kappa shape index (κ1) is 21.2. The number of benzene rings is 2. The van der Waals surface area contributed by atoms with E-state index in [0.29, 0.717) is 24.6 Å². The van der Waals surface area contributed by atoms with Crippen LogP contribution >= 0.6 is 0 Å². The fourth-order valence-corrected chi connectivity index (χ4v) is 5.14. The molecule has 0 spiro atoms. The highest BCUT2D eigenvalue weighted by Crippen LogP contribution is 2.29. The van der Waals surface area contributed by atoms with E-state index in [-0.39, 0.29) is 4.90 Å². The van der Waals surface area contributed by atoms with Gasteiger partial charge in [0, 0.05) is 19.2 Å². The van der Waals surface area contributed by atoms with Crippen molar-refractivity contribution in [3.8, 4) is 17.6 Å². The van der Waals surface area contributed by atoms with Crippen molar-refractivity contribution in [2.24, 2.45) is 5.92 Å². The Hall–Kier alpha value is -2.56. The molecular weight excluding hydrogens is 388 g/mol.